The summed E-state index contributed by atoms with van der Waals surface area (Å²) >= 11 is 0. The first-order valence-electron chi connectivity index (χ1n) is 5.68. The number of nitrogens with one attached hydrogen (secondary N) is 1. The number of rotatable bonds is 4. The van der Waals surface area contributed by atoms with Crippen LogP contribution in [-0.4, -0.2) is 33.7 Å². The lowest BCUT2D eigenvalue weighted by Gasteiger charge is -1.98. The standard InChI is InChI=1S/C13H12N2O4/c1-2-19-13(18)11(17)7-10(16)12-8-5-3-4-6-9(8)14-15-12/h3-7,16H,2H2,1H3,(H,14,15). The van der Waals surface area contributed by atoms with Crippen molar-refractivity contribution in [2.24, 2.45) is 0 Å². The van der Waals surface area contributed by atoms with E-state index in [1.54, 1.807) is 25.1 Å². The van der Waals surface area contributed by atoms with E-state index in [-0.39, 0.29) is 18.1 Å². The van der Waals surface area contributed by atoms with Crippen molar-refractivity contribution in [3.8, 4) is 0 Å². The zero-order valence-corrected chi connectivity index (χ0v) is 10.2. The number of ether oxygens (including phenoxy) is 1. The van der Waals surface area contributed by atoms with Gasteiger partial charge in [0.25, 0.3) is 5.78 Å². The molecular weight excluding hydrogens is 248 g/mol. The fraction of sp³-hybridized carbons (Fsp3) is 0.154. The van der Waals surface area contributed by atoms with Crippen molar-refractivity contribution < 1.29 is 19.4 Å². The molecule has 2 rings (SSSR count). The summed E-state index contributed by atoms with van der Waals surface area (Å²) in [7, 11) is 0. The van der Waals surface area contributed by atoms with E-state index in [2.05, 4.69) is 14.9 Å². The lowest BCUT2D eigenvalue weighted by molar-refractivity contribution is -0.151. The van der Waals surface area contributed by atoms with Crippen LogP contribution >= 0.6 is 0 Å². The van der Waals surface area contributed by atoms with Crippen molar-refractivity contribution in [1.29, 1.82) is 0 Å². The molecule has 2 N–H and O–H groups in total. The highest BCUT2D eigenvalue weighted by atomic mass is 16.5. The van der Waals surface area contributed by atoms with E-state index in [4.69, 9.17) is 0 Å². The molecule has 0 aliphatic rings. The van der Waals surface area contributed by atoms with Gasteiger partial charge in [-0.2, -0.15) is 5.10 Å². The van der Waals surface area contributed by atoms with Gasteiger partial charge in [-0.05, 0) is 13.0 Å². The van der Waals surface area contributed by atoms with Crippen LogP contribution in [0, 0.1) is 0 Å². The Morgan fingerprint density at radius 1 is 1.42 bits per heavy atom. The third-order valence-corrected chi connectivity index (χ3v) is 2.46. The first-order valence-corrected chi connectivity index (χ1v) is 5.68. The van der Waals surface area contributed by atoms with E-state index in [1.807, 2.05) is 6.07 Å². The van der Waals surface area contributed by atoms with Crippen LogP contribution in [0.5, 0.6) is 0 Å². The maximum atomic E-state index is 11.4. The van der Waals surface area contributed by atoms with Gasteiger partial charge in [0.1, 0.15) is 11.5 Å². The van der Waals surface area contributed by atoms with Crippen molar-refractivity contribution >= 4 is 28.4 Å². The first kappa shape index (κ1) is 12.8. The van der Waals surface area contributed by atoms with Gasteiger partial charge in [0, 0.05) is 11.5 Å². The molecule has 0 saturated heterocycles. The maximum absolute atomic E-state index is 11.4. The molecule has 0 amide bonds. The number of nitrogens with zero attached hydrogens (tertiary/aromatic N) is 1. The molecular formula is C13H12N2O4. The molecule has 1 heterocycles. The molecule has 0 bridgehead atoms. The lowest BCUT2D eigenvalue weighted by Crippen LogP contribution is -2.15. The number of carbonyl (C=O) groups is 2. The molecule has 0 saturated carbocycles. The highest BCUT2D eigenvalue weighted by Gasteiger charge is 2.16. The number of carbonyl (C=O) groups excluding carboxylic acids is 2. The number of ketones is 1. The smallest absolute Gasteiger partial charge is 0.379 e. The summed E-state index contributed by atoms with van der Waals surface area (Å²) in [6.07, 6.45) is 0.806. The Morgan fingerprint density at radius 2 is 2.16 bits per heavy atom. The van der Waals surface area contributed by atoms with Crippen LogP contribution in [0.25, 0.3) is 16.7 Å². The van der Waals surface area contributed by atoms with Crippen LogP contribution in [0.3, 0.4) is 0 Å². The Hall–Kier alpha value is -2.63. The number of aliphatic hydroxyl groups excluding tert-OH is 1. The predicted octanol–water partition coefficient (Wildman–Crippen LogP) is 1.59. The molecule has 6 heteroatoms. The molecule has 0 aliphatic heterocycles. The van der Waals surface area contributed by atoms with E-state index < -0.39 is 11.8 Å². The van der Waals surface area contributed by atoms with Crippen molar-refractivity contribution in [1.82, 2.24) is 10.2 Å². The molecule has 1 aromatic heterocycles. The van der Waals surface area contributed by atoms with Gasteiger partial charge >= 0.3 is 5.97 Å². The highest BCUT2D eigenvalue weighted by Crippen LogP contribution is 2.20. The second-order valence-corrected chi connectivity index (χ2v) is 3.73. The number of esters is 1. The van der Waals surface area contributed by atoms with Crippen LogP contribution in [0.15, 0.2) is 30.3 Å². The molecule has 0 unspecified atom stereocenters. The SMILES string of the molecule is CCOC(=O)C(=O)C=C(O)c1n[nH]c2ccccc12. The minimum Gasteiger partial charge on any atom is -0.505 e. The third-order valence-electron chi connectivity index (χ3n) is 2.46. The minimum atomic E-state index is -1.01. The van der Waals surface area contributed by atoms with Gasteiger partial charge < -0.3 is 9.84 Å². The Balaban J connectivity index is 2.31. The molecule has 0 radical (unpaired) electrons. The van der Waals surface area contributed by atoms with E-state index in [0.717, 1.165) is 11.6 Å². The summed E-state index contributed by atoms with van der Waals surface area (Å²) < 4.78 is 4.54. The van der Waals surface area contributed by atoms with Crippen molar-refractivity contribution in [2.45, 2.75) is 6.92 Å². The van der Waals surface area contributed by atoms with Crippen molar-refractivity contribution in [3.63, 3.8) is 0 Å². The third kappa shape index (κ3) is 2.62. The largest absolute Gasteiger partial charge is 0.505 e. The van der Waals surface area contributed by atoms with Crippen LogP contribution in [0.4, 0.5) is 0 Å². The van der Waals surface area contributed by atoms with Crippen LogP contribution < -0.4 is 0 Å². The molecule has 1 aromatic carbocycles. The average molecular weight is 260 g/mol. The number of para-hydroxylation sites is 1. The molecule has 0 atom stereocenters. The first-order chi connectivity index (χ1) is 9.13. The van der Waals surface area contributed by atoms with E-state index in [0.29, 0.717) is 5.39 Å². The van der Waals surface area contributed by atoms with Crippen LogP contribution in [0.2, 0.25) is 0 Å². The highest BCUT2D eigenvalue weighted by molar-refractivity contribution is 6.39. The van der Waals surface area contributed by atoms with Gasteiger partial charge in [0.15, 0.2) is 0 Å². The fourth-order valence-corrected chi connectivity index (χ4v) is 1.61. The zero-order valence-electron chi connectivity index (χ0n) is 10.2. The van der Waals surface area contributed by atoms with Crippen LogP contribution in [-0.2, 0) is 14.3 Å². The monoisotopic (exact) mass is 260 g/mol. The van der Waals surface area contributed by atoms with Gasteiger partial charge in [-0.1, -0.05) is 18.2 Å². The van der Waals surface area contributed by atoms with E-state index in [9.17, 15) is 14.7 Å². The number of aliphatic hydroxyl groups is 1. The van der Waals surface area contributed by atoms with E-state index >= 15 is 0 Å². The molecule has 0 fully saturated rings. The number of H-pyrrole nitrogens is 1. The summed E-state index contributed by atoms with van der Waals surface area (Å²) in [5.41, 5.74) is 0.939. The Kier molecular flexibility index (Phi) is 3.61. The summed E-state index contributed by atoms with van der Waals surface area (Å²) in [6.45, 7) is 1.69. The molecule has 0 spiro atoms. The fourth-order valence-electron chi connectivity index (χ4n) is 1.61. The van der Waals surface area contributed by atoms with Crippen LogP contribution in [0.1, 0.15) is 12.6 Å². The second kappa shape index (κ2) is 5.34. The number of aromatic amines is 1. The zero-order chi connectivity index (χ0) is 13.8. The number of fused-ring (bicyclic) bond motifs is 1. The van der Waals surface area contributed by atoms with Gasteiger partial charge in [0.05, 0.1) is 12.1 Å². The summed E-state index contributed by atoms with van der Waals surface area (Å²) in [5.74, 6) is -2.31. The predicted molar refractivity (Wildman–Crippen MR) is 68.3 cm³/mol. The second-order valence-electron chi connectivity index (χ2n) is 3.73. The number of benzene rings is 1. The number of aromatic nitrogens is 2. The molecule has 19 heavy (non-hydrogen) atoms. The Labute approximate surface area is 108 Å². The molecule has 0 aliphatic carbocycles. The van der Waals surface area contributed by atoms with Crippen molar-refractivity contribution in [2.75, 3.05) is 6.61 Å². The topological polar surface area (TPSA) is 92.3 Å². The van der Waals surface area contributed by atoms with Gasteiger partial charge in [-0.3, -0.25) is 9.89 Å². The normalized spacial score (nSPS) is 11.5. The molecule has 6 nitrogen and oxygen atoms in total. The summed E-state index contributed by atoms with van der Waals surface area (Å²) in [6, 6.07) is 7.12. The number of hydrogen-bond donors (Lipinski definition) is 2. The number of hydrogen-bond acceptors (Lipinski definition) is 5. The molecule has 2 aromatic rings. The van der Waals surface area contributed by atoms with Gasteiger partial charge in [0.2, 0.25) is 0 Å². The quantitative estimate of drug-likeness (QED) is 0.377. The maximum Gasteiger partial charge on any atom is 0.379 e. The van der Waals surface area contributed by atoms with Crippen molar-refractivity contribution in [3.05, 3.63) is 36.0 Å². The minimum absolute atomic E-state index is 0.102. The van der Waals surface area contributed by atoms with E-state index in [1.165, 1.54) is 0 Å². The molecule has 98 valence electrons. The Bertz CT molecular complexity index is 657. The Morgan fingerprint density at radius 3 is 2.89 bits per heavy atom. The van der Waals surface area contributed by atoms with Gasteiger partial charge in [-0.15, -0.1) is 0 Å². The summed E-state index contributed by atoms with van der Waals surface area (Å²) in [5, 5.41) is 17.1. The lowest BCUT2D eigenvalue weighted by atomic mass is 10.1. The average Bonchev–Trinajstić information content (AvgIpc) is 2.82. The van der Waals surface area contributed by atoms with Gasteiger partial charge in [-0.25, -0.2) is 4.79 Å². The summed E-state index contributed by atoms with van der Waals surface area (Å²) in [4.78, 5) is 22.6.